The number of carbonyl (C=O) groups excluding carboxylic acids is 1. The van der Waals surface area contributed by atoms with Gasteiger partial charge in [-0.15, -0.1) is 0 Å². The molecular weight excluding hydrogens is 346 g/mol. The van der Waals surface area contributed by atoms with Crippen LogP contribution in [0.25, 0.3) is 0 Å². The number of nitrogens with one attached hydrogen (secondary N) is 1. The third kappa shape index (κ3) is 23.2. The zero-order chi connectivity index (χ0) is 20.7. The van der Waals surface area contributed by atoms with Crippen molar-refractivity contribution in [3.05, 3.63) is 12.2 Å². The molecule has 0 aliphatic carbocycles. The van der Waals surface area contributed by atoms with Crippen molar-refractivity contribution < 1.29 is 9.90 Å². The fourth-order valence-corrected chi connectivity index (χ4v) is 3.41. The quantitative estimate of drug-likeness (QED) is 0.161. The Bertz CT molecular complexity index is 352. The van der Waals surface area contributed by atoms with Crippen molar-refractivity contribution in [3.63, 3.8) is 0 Å². The maximum Gasteiger partial charge on any atom is 0.220 e. The molecule has 3 nitrogen and oxygen atoms in total. The van der Waals surface area contributed by atoms with E-state index in [0.717, 1.165) is 12.8 Å². The Labute approximate surface area is 175 Å². The SMILES string of the molecule is CCCCCCCC/C=C\CCCCCCCCCCCC(=O)NCC(C)O. The predicted molar refractivity (Wildman–Crippen MR) is 123 cm³/mol. The Morgan fingerprint density at radius 3 is 1.64 bits per heavy atom. The highest BCUT2D eigenvalue weighted by molar-refractivity contribution is 5.75. The Balaban J connectivity index is 3.15. The molecule has 3 heteroatoms. The Morgan fingerprint density at radius 1 is 0.750 bits per heavy atom. The van der Waals surface area contributed by atoms with Gasteiger partial charge < -0.3 is 10.4 Å². The van der Waals surface area contributed by atoms with Gasteiger partial charge >= 0.3 is 0 Å². The van der Waals surface area contributed by atoms with Crippen LogP contribution in [0, 0.1) is 0 Å². The van der Waals surface area contributed by atoms with Gasteiger partial charge in [-0.1, -0.05) is 96.1 Å². The minimum absolute atomic E-state index is 0.0712. The maximum atomic E-state index is 11.5. The second-order valence-corrected chi connectivity index (χ2v) is 8.40. The Kier molecular flexibility index (Phi) is 21.8. The number of carbonyl (C=O) groups is 1. The van der Waals surface area contributed by atoms with E-state index in [4.69, 9.17) is 5.11 Å². The normalized spacial score (nSPS) is 12.5. The third-order valence-electron chi connectivity index (χ3n) is 5.26. The lowest BCUT2D eigenvalue weighted by Crippen LogP contribution is -2.30. The van der Waals surface area contributed by atoms with Gasteiger partial charge in [-0.2, -0.15) is 0 Å². The number of hydrogen-bond donors (Lipinski definition) is 2. The maximum absolute atomic E-state index is 11.5. The highest BCUT2D eigenvalue weighted by Gasteiger charge is 2.02. The van der Waals surface area contributed by atoms with E-state index < -0.39 is 6.10 Å². The summed E-state index contributed by atoms with van der Waals surface area (Å²) in [5, 5.41) is 11.9. The summed E-state index contributed by atoms with van der Waals surface area (Å²) in [5.41, 5.74) is 0. The summed E-state index contributed by atoms with van der Waals surface area (Å²) in [4.78, 5) is 11.5. The zero-order valence-electron chi connectivity index (χ0n) is 19.0. The molecule has 0 aromatic heterocycles. The predicted octanol–water partition coefficient (Wildman–Crippen LogP) is 7.08. The lowest BCUT2D eigenvalue weighted by Gasteiger charge is -2.06. The number of unbranched alkanes of at least 4 members (excludes halogenated alkanes) is 15. The lowest BCUT2D eigenvalue weighted by molar-refractivity contribution is -0.121. The number of rotatable bonds is 21. The van der Waals surface area contributed by atoms with Crippen LogP contribution in [0.3, 0.4) is 0 Å². The van der Waals surface area contributed by atoms with E-state index in [1.165, 1.54) is 96.3 Å². The van der Waals surface area contributed by atoms with E-state index in [-0.39, 0.29) is 5.91 Å². The molecule has 0 bridgehead atoms. The molecule has 0 rings (SSSR count). The molecule has 1 unspecified atom stereocenters. The minimum Gasteiger partial charge on any atom is -0.392 e. The zero-order valence-corrected chi connectivity index (χ0v) is 19.0. The van der Waals surface area contributed by atoms with Crippen molar-refractivity contribution in [2.45, 2.75) is 136 Å². The molecule has 28 heavy (non-hydrogen) atoms. The van der Waals surface area contributed by atoms with E-state index in [9.17, 15) is 4.79 Å². The van der Waals surface area contributed by atoms with Gasteiger partial charge in [0.1, 0.15) is 0 Å². The summed E-state index contributed by atoms with van der Waals surface area (Å²) in [6.45, 7) is 4.33. The summed E-state index contributed by atoms with van der Waals surface area (Å²) in [5.74, 6) is 0.0712. The number of aliphatic hydroxyl groups is 1. The summed E-state index contributed by atoms with van der Waals surface area (Å²) in [6.07, 6.45) is 27.2. The van der Waals surface area contributed by atoms with Gasteiger partial charge in [0.2, 0.25) is 5.91 Å². The van der Waals surface area contributed by atoms with Crippen LogP contribution in [0.2, 0.25) is 0 Å². The van der Waals surface area contributed by atoms with E-state index in [1.807, 2.05) is 0 Å². The molecule has 0 aromatic rings. The lowest BCUT2D eigenvalue weighted by atomic mass is 10.1. The Morgan fingerprint density at radius 2 is 1.18 bits per heavy atom. The van der Waals surface area contributed by atoms with Crippen LogP contribution in [0.5, 0.6) is 0 Å². The second kappa shape index (κ2) is 22.5. The molecule has 0 aromatic carbocycles. The largest absolute Gasteiger partial charge is 0.392 e. The highest BCUT2D eigenvalue weighted by Crippen LogP contribution is 2.12. The summed E-state index contributed by atoms with van der Waals surface area (Å²) in [7, 11) is 0. The molecule has 0 saturated carbocycles. The van der Waals surface area contributed by atoms with Crippen molar-refractivity contribution >= 4 is 5.91 Å². The first-order valence-corrected chi connectivity index (χ1v) is 12.3. The number of amides is 1. The third-order valence-corrected chi connectivity index (χ3v) is 5.26. The molecule has 0 saturated heterocycles. The van der Waals surface area contributed by atoms with Crippen LogP contribution in [-0.2, 0) is 4.79 Å². The standard InChI is InChI=1S/C25H49NO2/c1-3-4-5-6-7-8-9-10-11-12-13-14-15-16-17-18-19-20-21-22-25(28)26-23-24(2)27/h10-11,24,27H,3-9,12-23H2,1-2H3,(H,26,28)/b11-10-. The molecule has 1 amide bonds. The molecule has 2 N–H and O–H groups in total. The van der Waals surface area contributed by atoms with Crippen molar-refractivity contribution in [2.24, 2.45) is 0 Å². The van der Waals surface area contributed by atoms with Crippen molar-refractivity contribution in [1.29, 1.82) is 0 Å². The van der Waals surface area contributed by atoms with E-state index in [2.05, 4.69) is 24.4 Å². The second-order valence-electron chi connectivity index (χ2n) is 8.40. The van der Waals surface area contributed by atoms with Gasteiger partial charge in [0, 0.05) is 13.0 Å². The molecule has 0 radical (unpaired) electrons. The van der Waals surface area contributed by atoms with E-state index in [1.54, 1.807) is 6.92 Å². The van der Waals surface area contributed by atoms with Crippen LogP contribution in [0.15, 0.2) is 12.2 Å². The van der Waals surface area contributed by atoms with Gasteiger partial charge in [-0.3, -0.25) is 4.79 Å². The minimum atomic E-state index is -0.454. The first kappa shape index (κ1) is 27.2. The average Bonchev–Trinajstić information content (AvgIpc) is 2.68. The molecule has 0 heterocycles. The molecular formula is C25H49NO2. The van der Waals surface area contributed by atoms with Gasteiger partial charge in [0.05, 0.1) is 6.10 Å². The summed E-state index contributed by atoms with van der Waals surface area (Å²) in [6, 6.07) is 0. The average molecular weight is 396 g/mol. The smallest absolute Gasteiger partial charge is 0.220 e. The Hall–Kier alpha value is -0.830. The molecule has 0 spiro atoms. The van der Waals surface area contributed by atoms with Crippen molar-refractivity contribution in [3.8, 4) is 0 Å². The topological polar surface area (TPSA) is 49.3 Å². The fraction of sp³-hybridized carbons (Fsp3) is 0.880. The van der Waals surface area contributed by atoms with Gasteiger partial charge in [-0.05, 0) is 39.0 Å². The summed E-state index contributed by atoms with van der Waals surface area (Å²) < 4.78 is 0. The number of aliphatic hydroxyl groups excluding tert-OH is 1. The van der Waals surface area contributed by atoms with Crippen LogP contribution < -0.4 is 5.32 Å². The first-order valence-electron chi connectivity index (χ1n) is 12.3. The molecule has 1 atom stereocenters. The number of allylic oxidation sites excluding steroid dienone is 2. The molecule has 0 aliphatic heterocycles. The monoisotopic (exact) mass is 395 g/mol. The molecule has 0 fully saturated rings. The van der Waals surface area contributed by atoms with Crippen LogP contribution in [0.1, 0.15) is 129 Å². The summed E-state index contributed by atoms with van der Waals surface area (Å²) >= 11 is 0. The van der Waals surface area contributed by atoms with Crippen molar-refractivity contribution in [2.75, 3.05) is 6.54 Å². The number of hydrogen-bond acceptors (Lipinski definition) is 2. The molecule has 166 valence electrons. The van der Waals surface area contributed by atoms with Gasteiger partial charge in [0.15, 0.2) is 0 Å². The fourth-order valence-electron chi connectivity index (χ4n) is 3.41. The first-order chi connectivity index (χ1) is 13.7. The van der Waals surface area contributed by atoms with Crippen LogP contribution in [0.4, 0.5) is 0 Å². The highest BCUT2D eigenvalue weighted by atomic mass is 16.3. The van der Waals surface area contributed by atoms with Crippen molar-refractivity contribution in [1.82, 2.24) is 5.32 Å². The van der Waals surface area contributed by atoms with Crippen LogP contribution in [-0.4, -0.2) is 23.7 Å². The van der Waals surface area contributed by atoms with E-state index in [0.29, 0.717) is 13.0 Å². The molecule has 0 aliphatic rings. The van der Waals surface area contributed by atoms with Crippen LogP contribution >= 0.6 is 0 Å². The van der Waals surface area contributed by atoms with Gasteiger partial charge in [0.25, 0.3) is 0 Å². The van der Waals surface area contributed by atoms with E-state index >= 15 is 0 Å². The van der Waals surface area contributed by atoms with Gasteiger partial charge in [-0.25, -0.2) is 0 Å².